The molecule has 2 rings (SSSR count). The van der Waals surface area contributed by atoms with E-state index in [1.54, 1.807) is 11.9 Å². The fraction of sp³-hybridized carbons (Fsp3) is 0.808. The third kappa shape index (κ3) is 7.83. The van der Waals surface area contributed by atoms with Gasteiger partial charge in [-0.2, -0.15) is 0 Å². The zero-order valence-corrected chi connectivity index (χ0v) is 21.9. The van der Waals surface area contributed by atoms with Crippen LogP contribution in [0.3, 0.4) is 0 Å². The van der Waals surface area contributed by atoms with Crippen LogP contribution >= 0.6 is 0 Å². The normalized spacial score (nSPS) is 21.3. The highest BCUT2D eigenvalue weighted by atomic mass is 16.2. The molecule has 2 aliphatic rings. The summed E-state index contributed by atoms with van der Waals surface area (Å²) in [4.78, 5) is 44.8. The highest BCUT2D eigenvalue weighted by Gasteiger charge is 2.38. The zero-order valence-electron chi connectivity index (χ0n) is 21.9. The predicted octanol–water partition coefficient (Wildman–Crippen LogP) is 3.20. The Balaban J connectivity index is 2.00. The van der Waals surface area contributed by atoms with Crippen molar-refractivity contribution in [3.8, 4) is 0 Å². The van der Waals surface area contributed by atoms with Gasteiger partial charge in [0.05, 0.1) is 6.04 Å². The molecule has 2 aliphatic heterocycles. The lowest BCUT2D eigenvalue weighted by molar-refractivity contribution is -0.140. The SMILES string of the molecule is C/C(=C\CN(C)C(=O)C(NC(=O)C1CCCCN1C(C)C)C(C)(C)C)CC(=O)N1CCCC1. The summed E-state index contributed by atoms with van der Waals surface area (Å²) in [5, 5.41) is 3.10. The first-order valence-corrected chi connectivity index (χ1v) is 12.7. The van der Waals surface area contributed by atoms with Gasteiger partial charge < -0.3 is 15.1 Å². The average molecular weight is 463 g/mol. The third-order valence-corrected chi connectivity index (χ3v) is 6.89. The highest BCUT2D eigenvalue weighted by molar-refractivity contribution is 5.90. The third-order valence-electron chi connectivity index (χ3n) is 6.89. The number of rotatable bonds is 8. The monoisotopic (exact) mass is 462 g/mol. The smallest absolute Gasteiger partial charge is 0.245 e. The summed E-state index contributed by atoms with van der Waals surface area (Å²) in [6, 6.07) is -0.491. The first kappa shape index (κ1) is 27.4. The molecule has 1 N–H and O–H groups in total. The zero-order chi connectivity index (χ0) is 24.8. The fourth-order valence-corrected chi connectivity index (χ4v) is 4.73. The number of likely N-dealkylation sites (tertiary alicyclic amines) is 2. The van der Waals surface area contributed by atoms with Crippen molar-refractivity contribution in [2.75, 3.05) is 33.2 Å². The largest absolute Gasteiger partial charge is 0.342 e. The number of nitrogens with one attached hydrogen (secondary N) is 1. The molecule has 0 aromatic carbocycles. The molecule has 0 radical (unpaired) electrons. The number of hydrogen-bond donors (Lipinski definition) is 1. The van der Waals surface area contributed by atoms with Gasteiger partial charge in [0.2, 0.25) is 17.7 Å². The van der Waals surface area contributed by atoms with Crippen LogP contribution in [0.4, 0.5) is 0 Å². The standard InChI is InChI=1S/C26H46N4O3/c1-19(2)30-16-9-8-12-21(30)24(32)27-23(26(4,5)6)25(33)28(7)17-13-20(3)18-22(31)29-14-10-11-15-29/h13,19,21,23H,8-12,14-18H2,1-7H3,(H,27,32)/b20-13+. The van der Waals surface area contributed by atoms with Gasteiger partial charge in [-0.25, -0.2) is 0 Å². The molecule has 0 spiro atoms. The fourth-order valence-electron chi connectivity index (χ4n) is 4.73. The van der Waals surface area contributed by atoms with Gasteiger partial charge in [-0.3, -0.25) is 19.3 Å². The minimum Gasteiger partial charge on any atom is -0.342 e. The van der Waals surface area contributed by atoms with Crippen molar-refractivity contribution in [3.63, 3.8) is 0 Å². The van der Waals surface area contributed by atoms with Crippen LogP contribution < -0.4 is 5.32 Å². The second-order valence-electron chi connectivity index (χ2n) is 11.2. The van der Waals surface area contributed by atoms with Crippen LogP contribution in [0, 0.1) is 5.41 Å². The van der Waals surface area contributed by atoms with Gasteiger partial charge in [0.1, 0.15) is 6.04 Å². The van der Waals surface area contributed by atoms with Crippen molar-refractivity contribution in [2.45, 2.75) is 98.2 Å². The summed E-state index contributed by atoms with van der Waals surface area (Å²) in [6.45, 7) is 15.2. The molecule has 7 heteroatoms. The maximum atomic E-state index is 13.4. The molecule has 0 bridgehead atoms. The van der Waals surface area contributed by atoms with E-state index in [1.165, 1.54) is 0 Å². The van der Waals surface area contributed by atoms with Gasteiger partial charge in [-0.05, 0) is 58.4 Å². The van der Waals surface area contributed by atoms with E-state index in [0.717, 1.165) is 57.3 Å². The number of carbonyl (C=O) groups excluding carboxylic acids is 3. The van der Waals surface area contributed by atoms with Gasteiger partial charge in [-0.15, -0.1) is 0 Å². The van der Waals surface area contributed by atoms with Crippen LogP contribution in [0.15, 0.2) is 11.6 Å². The Labute approximate surface area is 200 Å². The molecule has 0 aromatic rings. The second kappa shape index (κ2) is 12.0. The summed E-state index contributed by atoms with van der Waals surface area (Å²) in [5.41, 5.74) is 0.556. The van der Waals surface area contributed by atoms with Gasteiger partial charge in [0.25, 0.3) is 0 Å². The van der Waals surface area contributed by atoms with Crippen LogP contribution in [-0.2, 0) is 14.4 Å². The quantitative estimate of drug-likeness (QED) is 0.562. The Morgan fingerprint density at radius 2 is 1.67 bits per heavy atom. The Morgan fingerprint density at radius 1 is 1.06 bits per heavy atom. The van der Waals surface area contributed by atoms with E-state index in [2.05, 4.69) is 24.1 Å². The maximum Gasteiger partial charge on any atom is 0.245 e. The summed E-state index contributed by atoms with van der Waals surface area (Å²) in [6.07, 6.45) is 7.50. The summed E-state index contributed by atoms with van der Waals surface area (Å²) in [5.74, 6) is 0.0166. The van der Waals surface area contributed by atoms with E-state index in [0.29, 0.717) is 19.0 Å². The molecule has 7 nitrogen and oxygen atoms in total. The molecule has 0 aromatic heterocycles. The number of nitrogens with zero attached hydrogens (tertiary/aromatic N) is 3. The molecule has 2 saturated heterocycles. The first-order valence-electron chi connectivity index (χ1n) is 12.7. The van der Waals surface area contributed by atoms with Crippen LogP contribution in [0.5, 0.6) is 0 Å². The van der Waals surface area contributed by atoms with E-state index in [-0.39, 0.29) is 23.8 Å². The lowest BCUT2D eigenvalue weighted by Gasteiger charge is -2.40. The number of piperidine rings is 1. The Kier molecular flexibility index (Phi) is 9.95. The molecule has 2 heterocycles. The van der Waals surface area contributed by atoms with Crippen molar-refractivity contribution < 1.29 is 14.4 Å². The minimum absolute atomic E-state index is 0.0481. The molecule has 0 aliphatic carbocycles. The number of amides is 3. The topological polar surface area (TPSA) is 73.0 Å². The van der Waals surface area contributed by atoms with Gasteiger partial charge in [0.15, 0.2) is 0 Å². The number of hydrogen-bond acceptors (Lipinski definition) is 4. The Morgan fingerprint density at radius 3 is 2.24 bits per heavy atom. The lowest BCUT2D eigenvalue weighted by atomic mass is 9.85. The molecule has 33 heavy (non-hydrogen) atoms. The molecule has 2 fully saturated rings. The van der Waals surface area contributed by atoms with Gasteiger partial charge in [-0.1, -0.05) is 38.8 Å². The molecule has 3 amide bonds. The number of likely N-dealkylation sites (N-methyl/N-ethyl adjacent to an activating group) is 1. The number of carbonyl (C=O) groups is 3. The predicted molar refractivity (Wildman–Crippen MR) is 133 cm³/mol. The van der Waals surface area contributed by atoms with Crippen LogP contribution in [0.2, 0.25) is 0 Å². The second-order valence-corrected chi connectivity index (χ2v) is 11.2. The van der Waals surface area contributed by atoms with E-state index in [9.17, 15) is 14.4 Å². The molecule has 0 saturated carbocycles. The molecule has 2 unspecified atom stereocenters. The summed E-state index contributed by atoms with van der Waals surface area (Å²) < 4.78 is 0. The molecule has 2 atom stereocenters. The van der Waals surface area contributed by atoms with Gasteiger partial charge >= 0.3 is 0 Å². The molecular formula is C26H46N4O3. The van der Waals surface area contributed by atoms with Crippen molar-refractivity contribution in [3.05, 3.63) is 11.6 Å². The molecular weight excluding hydrogens is 416 g/mol. The summed E-state index contributed by atoms with van der Waals surface area (Å²) in [7, 11) is 1.76. The minimum atomic E-state index is -0.606. The van der Waals surface area contributed by atoms with E-state index in [1.807, 2.05) is 38.7 Å². The first-order chi connectivity index (χ1) is 15.4. The van der Waals surface area contributed by atoms with E-state index in [4.69, 9.17) is 0 Å². The van der Waals surface area contributed by atoms with Crippen LogP contribution in [0.1, 0.15) is 80.1 Å². The Hall–Kier alpha value is -1.89. The average Bonchev–Trinajstić information content (AvgIpc) is 3.29. The van der Waals surface area contributed by atoms with E-state index >= 15 is 0 Å². The van der Waals surface area contributed by atoms with Gasteiger partial charge in [0, 0.05) is 39.1 Å². The van der Waals surface area contributed by atoms with Crippen molar-refractivity contribution in [1.29, 1.82) is 0 Å². The van der Waals surface area contributed by atoms with Crippen LogP contribution in [0.25, 0.3) is 0 Å². The summed E-state index contributed by atoms with van der Waals surface area (Å²) >= 11 is 0. The van der Waals surface area contributed by atoms with Crippen molar-refractivity contribution in [2.24, 2.45) is 5.41 Å². The highest BCUT2D eigenvalue weighted by Crippen LogP contribution is 2.24. The van der Waals surface area contributed by atoms with E-state index < -0.39 is 11.5 Å². The Bertz CT molecular complexity index is 720. The van der Waals surface area contributed by atoms with Crippen LogP contribution in [-0.4, -0.2) is 83.8 Å². The molecule has 188 valence electrons. The van der Waals surface area contributed by atoms with Crippen molar-refractivity contribution >= 4 is 17.7 Å². The maximum absolute atomic E-state index is 13.4. The van der Waals surface area contributed by atoms with Crippen molar-refractivity contribution in [1.82, 2.24) is 20.0 Å². The lowest BCUT2D eigenvalue weighted by Crippen LogP contribution is -2.59.